The molecule has 0 unspecified atom stereocenters. The van der Waals surface area contributed by atoms with Gasteiger partial charge in [-0.05, 0) is 52.4 Å². The number of benzene rings is 3. The van der Waals surface area contributed by atoms with Crippen molar-refractivity contribution < 1.29 is 9.53 Å². The third-order valence-corrected chi connectivity index (χ3v) is 5.30. The van der Waals surface area contributed by atoms with Gasteiger partial charge in [-0.15, -0.1) is 0 Å². The van der Waals surface area contributed by atoms with E-state index in [-0.39, 0.29) is 17.7 Å². The summed E-state index contributed by atoms with van der Waals surface area (Å²) in [5.41, 5.74) is 6.41. The summed E-state index contributed by atoms with van der Waals surface area (Å²) in [5, 5.41) is 5.28. The molecule has 166 valence electrons. The lowest BCUT2D eigenvalue weighted by Crippen LogP contribution is -2.20. The van der Waals surface area contributed by atoms with Crippen LogP contribution in [0.25, 0.3) is 0 Å². The van der Waals surface area contributed by atoms with Gasteiger partial charge in [-0.2, -0.15) is 5.10 Å². The molecule has 0 saturated heterocycles. The van der Waals surface area contributed by atoms with E-state index in [1.54, 1.807) is 18.2 Å². The molecule has 1 amide bonds. The number of amides is 1. The Morgan fingerprint density at radius 3 is 2.38 bits per heavy atom. The van der Waals surface area contributed by atoms with Gasteiger partial charge in [0.05, 0.1) is 12.6 Å². The molecule has 3 rings (SSSR count). The SMILES string of the molecule is CC(C)(C)c1ccc(CC(=O)N/N=C\c2cc(Cl)ccc2OCc2cccc(Cl)c2)cc1. The minimum atomic E-state index is -0.201. The van der Waals surface area contributed by atoms with Gasteiger partial charge >= 0.3 is 0 Å². The van der Waals surface area contributed by atoms with Gasteiger partial charge in [0.1, 0.15) is 12.4 Å². The normalized spacial score (nSPS) is 11.5. The largest absolute Gasteiger partial charge is 0.488 e. The van der Waals surface area contributed by atoms with E-state index in [1.165, 1.54) is 11.8 Å². The second-order valence-electron chi connectivity index (χ2n) is 8.52. The summed E-state index contributed by atoms with van der Waals surface area (Å²) in [6.45, 7) is 6.82. The highest BCUT2D eigenvalue weighted by Crippen LogP contribution is 2.24. The second kappa shape index (κ2) is 10.7. The van der Waals surface area contributed by atoms with E-state index >= 15 is 0 Å². The molecule has 0 radical (unpaired) electrons. The lowest BCUT2D eigenvalue weighted by Gasteiger charge is -2.19. The number of hydrogen-bond donors (Lipinski definition) is 1. The Labute approximate surface area is 199 Å². The number of carbonyl (C=O) groups is 1. The summed E-state index contributed by atoms with van der Waals surface area (Å²) in [7, 11) is 0. The molecule has 3 aromatic rings. The minimum absolute atomic E-state index is 0.0780. The van der Waals surface area contributed by atoms with E-state index in [0.29, 0.717) is 28.0 Å². The van der Waals surface area contributed by atoms with Crippen molar-refractivity contribution in [1.82, 2.24) is 5.43 Å². The van der Waals surface area contributed by atoms with Crippen LogP contribution in [0.15, 0.2) is 71.8 Å². The third kappa shape index (κ3) is 7.11. The van der Waals surface area contributed by atoms with E-state index in [2.05, 4.69) is 43.4 Å². The molecule has 3 aromatic carbocycles. The van der Waals surface area contributed by atoms with Gasteiger partial charge in [0.15, 0.2) is 0 Å². The highest BCUT2D eigenvalue weighted by molar-refractivity contribution is 6.31. The predicted octanol–water partition coefficient (Wildman–Crippen LogP) is 6.56. The van der Waals surface area contributed by atoms with Gasteiger partial charge in [0, 0.05) is 15.6 Å². The molecule has 0 saturated carbocycles. The summed E-state index contributed by atoms with van der Waals surface area (Å²) in [6.07, 6.45) is 1.77. The molecule has 0 fully saturated rings. The highest BCUT2D eigenvalue weighted by Gasteiger charge is 2.13. The Bertz CT molecular complexity index is 1100. The first-order chi connectivity index (χ1) is 15.2. The van der Waals surface area contributed by atoms with Gasteiger partial charge in [-0.25, -0.2) is 5.43 Å². The molecule has 0 aliphatic heterocycles. The van der Waals surface area contributed by atoms with Crippen molar-refractivity contribution in [3.05, 3.63) is 99.0 Å². The molecule has 0 aliphatic rings. The summed E-state index contributed by atoms with van der Waals surface area (Å²) in [4.78, 5) is 12.3. The molecule has 0 aromatic heterocycles. The maximum Gasteiger partial charge on any atom is 0.244 e. The van der Waals surface area contributed by atoms with E-state index in [9.17, 15) is 4.79 Å². The first kappa shape index (κ1) is 23.8. The molecule has 0 heterocycles. The number of carbonyl (C=O) groups excluding carboxylic acids is 1. The van der Waals surface area contributed by atoms with Crippen LogP contribution >= 0.6 is 23.2 Å². The van der Waals surface area contributed by atoms with Crippen LogP contribution in [0.4, 0.5) is 0 Å². The average molecular weight is 469 g/mol. The van der Waals surface area contributed by atoms with Crippen LogP contribution in [0.5, 0.6) is 5.75 Å². The zero-order valence-corrected chi connectivity index (χ0v) is 19.9. The minimum Gasteiger partial charge on any atom is -0.488 e. The van der Waals surface area contributed by atoms with E-state index in [0.717, 1.165) is 11.1 Å². The summed E-state index contributed by atoms with van der Waals surface area (Å²) >= 11 is 12.2. The topological polar surface area (TPSA) is 50.7 Å². The van der Waals surface area contributed by atoms with Crippen molar-refractivity contribution in [3.8, 4) is 5.75 Å². The first-order valence-corrected chi connectivity index (χ1v) is 11.0. The molecule has 0 aliphatic carbocycles. The van der Waals surface area contributed by atoms with Gasteiger partial charge in [0.2, 0.25) is 5.91 Å². The van der Waals surface area contributed by atoms with Gasteiger partial charge in [0.25, 0.3) is 0 Å². The molecular formula is C26H26Cl2N2O2. The molecule has 0 spiro atoms. The molecule has 0 atom stereocenters. The summed E-state index contributed by atoms with van der Waals surface area (Å²) in [5.74, 6) is 0.401. The monoisotopic (exact) mass is 468 g/mol. The van der Waals surface area contributed by atoms with Crippen molar-refractivity contribution in [2.75, 3.05) is 0 Å². The quantitative estimate of drug-likeness (QED) is 0.315. The molecular weight excluding hydrogens is 443 g/mol. The van der Waals surface area contributed by atoms with E-state index < -0.39 is 0 Å². The maximum atomic E-state index is 12.3. The van der Waals surface area contributed by atoms with Gasteiger partial charge < -0.3 is 4.74 Å². The molecule has 0 bridgehead atoms. The Balaban J connectivity index is 1.60. The fraction of sp³-hybridized carbons (Fsp3) is 0.231. The Kier molecular flexibility index (Phi) is 7.94. The lowest BCUT2D eigenvalue weighted by molar-refractivity contribution is -0.120. The molecule has 6 heteroatoms. The zero-order chi connectivity index (χ0) is 23.1. The number of ether oxygens (including phenoxy) is 1. The van der Waals surface area contributed by atoms with Crippen LogP contribution in [0.3, 0.4) is 0 Å². The van der Waals surface area contributed by atoms with Crippen molar-refractivity contribution in [2.45, 2.75) is 39.2 Å². The molecule has 32 heavy (non-hydrogen) atoms. The van der Waals surface area contributed by atoms with Crippen LogP contribution in [0.2, 0.25) is 10.0 Å². The molecule has 4 nitrogen and oxygen atoms in total. The van der Waals surface area contributed by atoms with Crippen molar-refractivity contribution in [1.29, 1.82) is 0 Å². The van der Waals surface area contributed by atoms with Crippen LogP contribution in [-0.4, -0.2) is 12.1 Å². The van der Waals surface area contributed by atoms with E-state index in [4.69, 9.17) is 27.9 Å². The first-order valence-electron chi connectivity index (χ1n) is 10.3. The van der Waals surface area contributed by atoms with Gasteiger partial charge in [-0.3, -0.25) is 4.79 Å². The average Bonchev–Trinajstić information content (AvgIpc) is 2.73. The smallest absolute Gasteiger partial charge is 0.244 e. The number of halogens is 2. The predicted molar refractivity (Wildman–Crippen MR) is 132 cm³/mol. The summed E-state index contributed by atoms with van der Waals surface area (Å²) < 4.78 is 5.90. The number of nitrogens with one attached hydrogen (secondary N) is 1. The van der Waals surface area contributed by atoms with E-state index in [1.807, 2.05) is 36.4 Å². The Hall–Kier alpha value is -2.82. The number of hydrogen-bond acceptors (Lipinski definition) is 3. The maximum absolute atomic E-state index is 12.3. The lowest BCUT2D eigenvalue weighted by atomic mass is 9.86. The molecule has 1 N–H and O–H groups in total. The van der Waals surface area contributed by atoms with Gasteiger partial charge in [-0.1, -0.05) is 80.4 Å². The fourth-order valence-electron chi connectivity index (χ4n) is 3.06. The van der Waals surface area contributed by atoms with Crippen LogP contribution in [-0.2, 0) is 23.2 Å². The zero-order valence-electron chi connectivity index (χ0n) is 18.4. The summed E-state index contributed by atoms with van der Waals surface area (Å²) in [6, 6.07) is 20.8. The van der Waals surface area contributed by atoms with Crippen LogP contribution < -0.4 is 10.2 Å². The van der Waals surface area contributed by atoms with Crippen LogP contribution in [0.1, 0.15) is 43.0 Å². The number of hydrazone groups is 1. The second-order valence-corrected chi connectivity index (χ2v) is 9.39. The Morgan fingerprint density at radius 2 is 1.69 bits per heavy atom. The number of rotatable bonds is 7. The van der Waals surface area contributed by atoms with Crippen LogP contribution in [0, 0.1) is 0 Å². The van der Waals surface area contributed by atoms with Crippen molar-refractivity contribution >= 4 is 35.3 Å². The highest BCUT2D eigenvalue weighted by atomic mass is 35.5. The standard InChI is InChI=1S/C26H26Cl2N2O2/c1-26(2,3)21-9-7-18(8-10-21)14-25(31)30-29-16-20-15-23(28)11-12-24(20)32-17-19-5-4-6-22(27)13-19/h4-13,15-16H,14,17H2,1-3H3,(H,30,31)/b29-16-. The van der Waals surface area contributed by atoms with Crippen molar-refractivity contribution in [3.63, 3.8) is 0 Å². The Morgan fingerprint density at radius 1 is 0.969 bits per heavy atom. The number of nitrogens with zero attached hydrogens (tertiary/aromatic N) is 1. The fourth-order valence-corrected chi connectivity index (χ4v) is 3.45. The van der Waals surface area contributed by atoms with Crippen molar-refractivity contribution in [2.24, 2.45) is 5.10 Å². The third-order valence-electron chi connectivity index (χ3n) is 4.83.